The summed E-state index contributed by atoms with van der Waals surface area (Å²) in [6.07, 6.45) is 2.77. The summed E-state index contributed by atoms with van der Waals surface area (Å²) in [5.74, 6) is -0.405. The Hall–Kier alpha value is -1.36. The van der Waals surface area contributed by atoms with Gasteiger partial charge in [-0.1, -0.05) is 6.08 Å². The summed E-state index contributed by atoms with van der Waals surface area (Å²) in [6.45, 7) is 0.0827. The highest BCUT2D eigenvalue weighted by molar-refractivity contribution is 6.11. The molecule has 1 aliphatic rings. The summed E-state index contributed by atoms with van der Waals surface area (Å²) in [6, 6.07) is -0.491. The third-order valence-corrected chi connectivity index (χ3v) is 1.43. The van der Waals surface area contributed by atoms with E-state index in [0.717, 1.165) is 0 Å². The number of unbranched alkanes of at least 4 members (excludes halogenated alkanes) is 1. The van der Waals surface area contributed by atoms with Crippen LogP contribution >= 0.6 is 0 Å². The Balaban J connectivity index is 2.46. The summed E-state index contributed by atoms with van der Waals surface area (Å²) >= 11 is 0. The highest BCUT2D eigenvalue weighted by atomic mass is 16.3. The molecular weight excluding hydrogens is 160 g/mol. The van der Waals surface area contributed by atoms with Gasteiger partial charge in [0.05, 0.1) is 0 Å². The van der Waals surface area contributed by atoms with Crippen LogP contribution in [0.25, 0.3) is 0 Å². The Morgan fingerprint density at radius 1 is 1.33 bits per heavy atom. The number of rotatable bonds is 3. The molecular formula is C7H10N2O3. The van der Waals surface area contributed by atoms with Crippen molar-refractivity contribution in [2.45, 2.75) is 12.8 Å². The van der Waals surface area contributed by atoms with Gasteiger partial charge in [0.2, 0.25) is 0 Å². The Labute approximate surface area is 69.5 Å². The highest BCUT2D eigenvalue weighted by Crippen LogP contribution is 2.00. The van der Waals surface area contributed by atoms with Crippen molar-refractivity contribution in [2.75, 3.05) is 6.61 Å². The van der Waals surface area contributed by atoms with E-state index in [-0.39, 0.29) is 12.3 Å². The van der Waals surface area contributed by atoms with Crippen molar-refractivity contribution in [3.63, 3.8) is 0 Å². The molecule has 66 valence electrons. The van der Waals surface area contributed by atoms with Gasteiger partial charge in [0.1, 0.15) is 5.70 Å². The average Bonchev–Trinajstić information content (AvgIpc) is 2.31. The number of urea groups is 1. The molecule has 1 fully saturated rings. The lowest BCUT2D eigenvalue weighted by Gasteiger charge is -1.92. The van der Waals surface area contributed by atoms with Crippen molar-refractivity contribution < 1.29 is 14.7 Å². The van der Waals surface area contributed by atoms with Crippen LogP contribution in [0.15, 0.2) is 11.8 Å². The van der Waals surface area contributed by atoms with Crippen molar-refractivity contribution in [1.82, 2.24) is 10.6 Å². The minimum Gasteiger partial charge on any atom is -0.396 e. The van der Waals surface area contributed by atoms with E-state index in [2.05, 4.69) is 10.6 Å². The molecule has 0 aromatic rings. The van der Waals surface area contributed by atoms with E-state index in [0.29, 0.717) is 12.8 Å². The Morgan fingerprint density at radius 2 is 2.08 bits per heavy atom. The number of allylic oxidation sites excluding steroid dienone is 1. The van der Waals surface area contributed by atoms with Gasteiger partial charge >= 0.3 is 6.03 Å². The fraction of sp³-hybridized carbons (Fsp3) is 0.429. The lowest BCUT2D eigenvalue weighted by Crippen LogP contribution is -2.22. The molecule has 0 bridgehead atoms. The van der Waals surface area contributed by atoms with E-state index in [9.17, 15) is 9.59 Å². The zero-order valence-electron chi connectivity index (χ0n) is 6.46. The molecule has 0 spiro atoms. The van der Waals surface area contributed by atoms with Crippen molar-refractivity contribution in [3.05, 3.63) is 11.8 Å². The van der Waals surface area contributed by atoms with Gasteiger partial charge in [-0.15, -0.1) is 0 Å². The van der Waals surface area contributed by atoms with E-state index in [1.165, 1.54) is 0 Å². The molecule has 1 saturated heterocycles. The zero-order valence-corrected chi connectivity index (χ0v) is 6.46. The first-order valence-electron chi connectivity index (χ1n) is 3.67. The van der Waals surface area contributed by atoms with Crippen LogP contribution < -0.4 is 10.6 Å². The molecule has 0 radical (unpaired) electrons. The predicted octanol–water partition coefficient (Wildman–Crippen LogP) is -0.518. The summed E-state index contributed by atoms with van der Waals surface area (Å²) in [5, 5.41) is 12.9. The summed E-state index contributed by atoms with van der Waals surface area (Å²) in [5.41, 5.74) is 0.272. The lowest BCUT2D eigenvalue weighted by atomic mass is 10.2. The second kappa shape index (κ2) is 3.87. The van der Waals surface area contributed by atoms with Crippen molar-refractivity contribution in [2.24, 2.45) is 0 Å². The van der Waals surface area contributed by atoms with Crippen LogP contribution in [-0.2, 0) is 4.79 Å². The molecule has 1 aliphatic heterocycles. The van der Waals surface area contributed by atoms with Gasteiger partial charge < -0.3 is 10.4 Å². The van der Waals surface area contributed by atoms with Crippen molar-refractivity contribution in [3.8, 4) is 0 Å². The summed E-state index contributed by atoms with van der Waals surface area (Å²) in [4.78, 5) is 21.4. The maximum Gasteiger partial charge on any atom is 0.326 e. The van der Waals surface area contributed by atoms with Crippen LogP contribution in [0.5, 0.6) is 0 Å². The normalized spacial score (nSPS) is 19.6. The number of carbonyl (C=O) groups is 2. The molecule has 0 aliphatic carbocycles. The lowest BCUT2D eigenvalue weighted by molar-refractivity contribution is -0.115. The first-order chi connectivity index (χ1) is 5.74. The smallest absolute Gasteiger partial charge is 0.326 e. The average molecular weight is 170 g/mol. The van der Waals surface area contributed by atoms with Crippen LogP contribution in [0.4, 0.5) is 4.79 Å². The number of imide groups is 1. The third kappa shape index (κ3) is 2.06. The van der Waals surface area contributed by atoms with Crippen LogP contribution in [-0.4, -0.2) is 23.7 Å². The molecule has 5 nitrogen and oxygen atoms in total. The SMILES string of the molecule is O=C1NC(=O)/C(=C\CCCO)N1. The number of hydrogen-bond acceptors (Lipinski definition) is 3. The van der Waals surface area contributed by atoms with Crippen LogP contribution in [0.1, 0.15) is 12.8 Å². The molecule has 1 rings (SSSR count). The number of nitrogens with one attached hydrogen (secondary N) is 2. The van der Waals surface area contributed by atoms with Gasteiger partial charge in [-0.3, -0.25) is 10.1 Å². The molecule has 5 heteroatoms. The largest absolute Gasteiger partial charge is 0.396 e. The second-order valence-electron chi connectivity index (χ2n) is 2.39. The minimum atomic E-state index is -0.491. The van der Waals surface area contributed by atoms with Crippen molar-refractivity contribution >= 4 is 11.9 Å². The van der Waals surface area contributed by atoms with Crippen LogP contribution in [0.2, 0.25) is 0 Å². The monoisotopic (exact) mass is 170 g/mol. The third-order valence-electron chi connectivity index (χ3n) is 1.43. The molecule has 3 N–H and O–H groups in total. The van der Waals surface area contributed by atoms with Gasteiger partial charge in [0.25, 0.3) is 5.91 Å². The van der Waals surface area contributed by atoms with Crippen molar-refractivity contribution in [1.29, 1.82) is 0 Å². The quantitative estimate of drug-likeness (QED) is 0.303. The van der Waals surface area contributed by atoms with Gasteiger partial charge in [-0.2, -0.15) is 0 Å². The predicted molar refractivity (Wildman–Crippen MR) is 41.1 cm³/mol. The van der Waals surface area contributed by atoms with E-state index in [4.69, 9.17) is 5.11 Å². The van der Waals surface area contributed by atoms with Crippen LogP contribution in [0.3, 0.4) is 0 Å². The number of aliphatic hydroxyl groups excluding tert-OH is 1. The molecule has 0 aromatic carbocycles. The van der Waals surface area contributed by atoms with Gasteiger partial charge in [0, 0.05) is 6.61 Å². The Kier molecular flexibility index (Phi) is 2.82. The van der Waals surface area contributed by atoms with Crippen LogP contribution in [0, 0.1) is 0 Å². The number of hydrogen-bond donors (Lipinski definition) is 3. The van der Waals surface area contributed by atoms with E-state index < -0.39 is 11.9 Å². The van der Waals surface area contributed by atoms with Gasteiger partial charge in [-0.05, 0) is 12.8 Å². The fourth-order valence-corrected chi connectivity index (χ4v) is 0.862. The molecule has 0 unspecified atom stereocenters. The Bertz CT molecular complexity index is 235. The van der Waals surface area contributed by atoms with Gasteiger partial charge in [0.15, 0.2) is 0 Å². The topological polar surface area (TPSA) is 78.4 Å². The molecule has 0 aromatic heterocycles. The van der Waals surface area contributed by atoms with E-state index >= 15 is 0 Å². The number of carbonyl (C=O) groups excluding carboxylic acids is 2. The van der Waals surface area contributed by atoms with Gasteiger partial charge in [-0.25, -0.2) is 4.79 Å². The number of amides is 3. The molecule has 0 saturated carbocycles. The summed E-state index contributed by atoms with van der Waals surface area (Å²) in [7, 11) is 0. The minimum absolute atomic E-state index is 0.0827. The first kappa shape index (κ1) is 8.73. The highest BCUT2D eigenvalue weighted by Gasteiger charge is 2.21. The van der Waals surface area contributed by atoms with E-state index in [1.54, 1.807) is 6.08 Å². The first-order valence-corrected chi connectivity index (χ1v) is 3.67. The fourth-order valence-electron chi connectivity index (χ4n) is 0.862. The standard InChI is InChI=1S/C7H10N2O3/c10-4-2-1-3-5-6(11)9-7(12)8-5/h3,10H,1-2,4H2,(H2,8,9,11,12)/b5-3+. The Morgan fingerprint density at radius 3 is 2.58 bits per heavy atom. The molecule has 3 amide bonds. The number of aliphatic hydroxyl groups is 1. The molecule has 1 heterocycles. The maximum absolute atomic E-state index is 10.9. The van der Waals surface area contributed by atoms with E-state index in [1.807, 2.05) is 0 Å². The second-order valence-corrected chi connectivity index (χ2v) is 2.39. The maximum atomic E-state index is 10.9. The summed E-state index contributed by atoms with van der Waals surface area (Å²) < 4.78 is 0. The molecule has 0 atom stereocenters. The zero-order chi connectivity index (χ0) is 8.97. The molecule has 12 heavy (non-hydrogen) atoms.